The molecule has 0 aliphatic rings. The summed E-state index contributed by atoms with van der Waals surface area (Å²) in [5, 5.41) is 61.7. The van der Waals surface area contributed by atoms with Gasteiger partial charge in [0.25, 0.3) is 0 Å². The van der Waals surface area contributed by atoms with Crippen LogP contribution >= 0.6 is 25.3 Å². The van der Waals surface area contributed by atoms with E-state index in [4.69, 9.17) is 22.9 Å². The smallest absolute Gasteiger partial charge is 0.303 e. The van der Waals surface area contributed by atoms with E-state index in [-0.39, 0.29) is 49.5 Å². The highest BCUT2D eigenvalue weighted by Gasteiger charge is 2.39. The summed E-state index contributed by atoms with van der Waals surface area (Å²) in [4.78, 5) is 236. The molecule has 0 bridgehead atoms. The van der Waals surface area contributed by atoms with Gasteiger partial charge in [-0.2, -0.15) is 25.3 Å². The molecule has 0 radical (unpaired) electrons. The molecule has 0 unspecified atom stereocenters. The van der Waals surface area contributed by atoms with Crippen LogP contribution in [-0.4, -0.2) is 216 Å². The third kappa shape index (κ3) is 29.9. The molecule has 16 amide bonds. The lowest BCUT2D eigenvalue weighted by Gasteiger charge is -2.29. The molecule has 608 valence electrons. The predicted octanol–water partition coefficient (Wildman–Crippen LogP) is -4.33. The van der Waals surface area contributed by atoms with Crippen molar-refractivity contribution in [3.8, 4) is 5.75 Å². The second-order valence-electron chi connectivity index (χ2n) is 27.0. The first kappa shape index (κ1) is 90.8. The van der Waals surface area contributed by atoms with Crippen molar-refractivity contribution in [2.45, 2.75) is 184 Å². The number of hydrogen-bond donors (Lipinski definition) is 23. The highest BCUT2D eigenvalue weighted by molar-refractivity contribution is 7.80. The molecule has 0 saturated heterocycles. The topological polar surface area (TPSA) is 631 Å². The molecule has 0 fully saturated rings. The number of carboxylic acids is 1. The highest BCUT2D eigenvalue weighted by atomic mass is 32.1. The van der Waals surface area contributed by atoms with Gasteiger partial charge in [-0.05, 0) is 92.3 Å². The maximum Gasteiger partial charge on any atom is 0.303 e. The molecular weight excluding hydrogens is 1500 g/mol. The van der Waals surface area contributed by atoms with Crippen LogP contribution in [-0.2, 0) is 101 Å². The first-order valence-corrected chi connectivity index (χ1v) is 36.9. The standard InChI is InChI=1S/C72H98N18O20S2/c1-35(2)13-18-47(63(101)82-50(22-26-60(98)99)64(102)81-46(19-23-56(73)94)62(100)79-32-59(76)97)83-68(106)52(28-39-30-77-44-11-7-5-9-42(39)44)87-67(105)51(27-38-14-16-41(93)17-15-38)86-71(109)55(34-112)89-65(103)48(20-24-57(74)95)84-69(107)53(29-40-31-78-45-12-8-6-10-43(40)45)88-72(110)61(36(3)91)90-66(104)49(21-25-58(75)96)85-70(108)54(33-111)80-37(4)92/h5-12,14-17,30-31,35-36,46-55,61,77-78,91,93,111-112H,13,18-29,32-34H2,1-4H3,(H2,73,94)(H2,74,95)(H2,75,96)(H2,76,97)(H,79,100)(H,80,92)(H,81,102)(H,82,101)(H,83,106)(H,84,107)(H,85,108)(H,86,109)(H,87,105)(H,88,110)(H,89,103)(H,90,104)(H,98,99)/t36-,46+,47+,48+,49+,50+,51+,52+,53+,54+,55+,61+/m1/s1. The number of thiol groups is 2. The number of phenols is 1. The molecule has 38 nitrogen and oxygen atoms in total. The number of aromatic amines is 2. The normalized spacial score (nSPS) is 14.4. The average molecular weight is 1600 g/mol. The molecule has 5 aromatic rings. The van der Waals surface area contributed by atoms with E-state index in [2.05, 4.69) is 99.0 Å². The van der Waals surface area contributed by atoms with Crippen molar-refractivity contribution in [1.82, 2.24) is 73.8 Å². The number of primary amides is 4. The number of aliphatic carboxylic acids is 1. The number of aliphatic hydroxyl groups is 1. The van der Waals surface area contributed by atoms with Gasteiger partial charge in [-0.25, -0.2) is 0 Å². The zero-order chi connectivity index (χ0) is 83.1. The van der Waals surface area contributed by atoms with Crippen molar-refractivity contribution in [3.05, 3.63) is 102 Å². The Morgan fingerprint density at radius 1 is 0.393 bits per heavy atom. The lowest BCUT2D eigenvalue weighted by atomic mass is 9.99. The molecule has 40 heteroatoms. The number of rotatable bonds is 48. The fourth-order valence-electron chi connectivity index (χ4n) is 11.5. The summed E-state index contributed by atoms with van der Waals surface area (Å²) in [5.41, 5.74) is 23.8. The number of para-hydroxylation sites is 2. The molecular formula is C72H98N18O20S2. The molecule has 3 aromatic carbocycles. The first-order chi connectivity index (χ1) is 53.0. The van der Waals surface area contributed by atoms with Crippen molar-refractivity contribution in [3.63, 3.8) is 0 Å². The lowest BCUT2D eigenvalue weighted by Crippen LogP contribution is -2.62. The number of aromatic nitrogens is 2. The number of hydrogen-bond acceptors (Lipinski definition) is 21. The number of carboxylic acid groups (broad SMARTS) is 1. The molecule has 2 aromatic heterocycles. The van der Waals surface area contributed by atoms with Crippen LogP contribution in [0.4, 0.5) is 0 Å². The van der Waals surface area contributed by atoms with Crippen LogP contribution in [0.15, 0.2) is 85.2 Å². The zero-order valence-corrected chi connectivity index (χ0v) is 63.7. The van der Waals surface area contributed by atoms with Gasteiger partial charge in [-0.3, -0.25) is 81.5 Å². The highest BCUT2D eigenvalue weighted by Crippen LogP contribution is 2.23. The average Bonchev–Trinajstić information content (AvgIpc) is 1.54. The predicted molar refractivity (Wildman–Crippen MR) is 411 cm³/mol. The third-order valence-corrected chi connectivity index (χ3v) is 18.3. The van der Waals surface area contributed by atoms with Crippen molar-refractivity contribution < 1.29 is 96.8 Å². The summed E-state index contributed by atoms with van der Waals surface area (Å²) in [6.45, 7) is 5.18. The molecule has 0 spiro atoms. The van der Waals surface area contributed by atoms with E-state index in [1.54, 1.807) is 68.6 Å². The van der Waals surface area contributed by atoms with Crippen molar-refractivity contribution in [1.29, 1.82) is 0 Å². The van der Waals surface area contributed by atoms with E-state index < -0.39 is 237 Å². The van der Waals surface area contributed by atoms with Gasteiger partial charge in [0.15, 0.2) is 0 Å². The Morgan fingerprint density at radius 3 is 1.12 bits per heavy atom. The number of H-pyrrole nitrogens is 2. The maximum absolute atomic E-state index is 15.2. The fraction of sp³-hybridized carbons (Fsp3) is 0.458. The van der Waals surface area contributed by atoms with Gasteiger partial charge in [-0.1, -0.05) is 62.4 Å². The Labute approximate surface area is 653 Å². The van der Waals surface area contributed by atoms with Gasteiger partial charge < -0.3 is 112 Å². The second-order valence-corrected chi connectivity index (χ2v) is 27.7. The van der Waals surface area contributed by atoms with E-state index in [9.17, 15) is 87.2 Å². The van der Waals surface area contributed by atoms with Gasteiger partial charge >= 0.3 is 5.97 Å². The lowest BCUT2D eigenvalue weighted by molar-refractivity contribution is -0.139. The third-order valence-electron chi connectivity index (χ3n) is 17.5. The Hall–Kier alpha value is -11.8. The quantitative estimate of drug-likeness (QED) is 0.0164. The van der Waals surface area contributed by atoms with Crippen LogP contribution in [0.5, 0.6) is 5.75 Å². The van der Waals surface area contributed by atoms with Crippen molar-refractivity contribution in [2.24, 2.45) is 28.9 Å². The molecule has 0 aliphatic heterocycles. The van der Waals surface area contributed by atoms with Gasteiger partial charge in [-0.15, -0.1) is 0 Å². The summed E-state index contributed by atoms with van der Waals surface area (Å²) in [5.74, 6) is -18.5. The number of nitrogens with two attached hydrogens (primary N) is 4. The molecule has 25 N–H and O–H groups in total. The fourth-order valence-corrected chi connectivity index (χ4v) is 12.1. The van der Waals surface area contributed by atoms with Gasteiger partial charge in [0.2, 0.25) is 94.5 Å². The van der Waals surface area contributed by atoms with Crippen LogP contribution in [0.25, 0.3) is 21.8 Å². The van der Waals surface area contributed by atoms with Crippen LogP contribution in [0, 0.1) is 5.92 Å². The minimum atomic E-state index is -1.92. The van der Waals surface area contributed by atoms with Crippen molar-refractivity contribution >= 4 is 148 Å². The summed E-state index contributed by atoms with van der Waals surface area (Å²) >= 11 is 8.44. The van der Waals surface area contributed by atoms with E-state index in [1.165, 1.54) is 30.5 Å². The Morgan fingerprint density at radius 2 is 0.732 bits per heavy atom. The number of carbonyl (C=O) groups excluding carboxylic acids is 16. The molecule has 0 aliphatic carbocycles. The van der Waals surface area contributed by atoms with Gasteiger partial charge in [0, 0.05) is 97.6 Å². The first-order valence-electron chi connectivity index (χ1n) is 35.7. The number of benzene rings is 3. The molecule has 112 heavy (non-hydrogen) atoms. The van der Waals surface area contributed by atoms with Crippen LogP contribution in [0.2, 0.25) is 0 Å². The number of carbonyl (C=O) groups is 17. The van der Waals surface area contributed by atoms with E-state index >= 15 is 9.59 Å². The molecule has 5 rings (SSSR count). The summed E-state index contributed by atoms with van der Waals surface area (Å²) in [6.07, 6.45) is -3.74. The largest absolute Gasteiger partial charge is 0.508 e. The summed E-state index contributed by atoms with van der Waals surface area (Å²) in [6, 6.07) is 0.958. The maximum atomic E-state index is 15.2. The second kappa shape index (κ2) is 44.7. The monoisotopic (exact) mass is 1600 g/mol. The van der Waals surface area contributed by atoms with Gasteiger partial charge in [0.05, 0.1) is 12.6 Å². The minimum Gasteiger partial charge on any atom is -0.508 e. The Kier molecular flexibility index (Phi) is 36.3. The van der Waals surface area contributed by atoms with Crippen LogP contribution in [0.3, 0.4) is 0 Å². The van der Waals surface area contributed by atoms with E-state index in [0.717, 1.165) is 13.8 Å². The van der Waals surface area contributed by atoms with Crippen LogP contribution < -0.4 is 86.7 Å². The SMILES string of the molecule is CC(=O)N[C@@H](CS)C(=O)N[C@@H](CCC(N)=O)C(=O)N[C@H](C(=O)N[C@@H](Cc1c[nH]c2ccccc12)C(=O)N[C@@H](CCC(N)=O)C(=O)N[C@@H](CS)C(=O)N[C@@H](Cc1ccc(O)cc1)C(=O)N[C@@H](Cc1c[nH]c2ccccc12)C(=O)N[C@@H](CCC(C)C)C(=O)N[C@@H](CCC(=O)O)C(=O)N[C@@H](CCC(N)=O)C(=O)NCC(N)=O)[C@@H](C)O. The number of amides is 16. The van der Waals surface area contributed by atoms with E-state index in [0.29, 0.717) is 38.5 Å². The zero-order valence-electron chi connectivity index (χ0n) is 61.9. The Balaban J connectivity index is 1.48. The number of phenolic OH excluding ortho intramolecular Hbond substituents is 1. The Bertz CT molecular complexity index is 4210. The summed E-state index contributed by atoms with van der Waals surface area (Å²) < 4.78 is 0. The minimum absolute atomic E-state index is 0.125. The molecule has 12 atom stereocenters. The number of aliphatic hydroxyl groups excluding tert-OH is 1. The van der Waals surface area contributed by atoms with Crippen molar-refractivity contribution in [2.75, 3.05) is 18.1 Å². The number of aromatic hydroxyl groups is 1. The number of fused-ring (bicyclic) bond motifs is 2. The van der Waals surface area contributed by atoms with Gasteiger partial charge in [0.1, 0.15) is 72.2 Å². The number of nitrogens with one attached hydrogen (secondary N) is 14. The summed E-state index contributed by atoms with van der Waals surface area (Å²) in [7, 11) is 0. The molecule has 0 saturated carbocycles. The molecule has 2 heterocycles. The van der Waals surface area contributed by atoms with E-state index in [1.807, 2.05) is 0 Å². The van der Waals surface area contributed by atoms with Crippen LogP contribution in [0.1, 0.15) is 109 Å².